The van der Waals surface area contributed by atoms with E-state index < -0.39 is 29.4 Å². The molecule has 0 spiro atoms. The van der Waals surface area contributed by atoms with Crippen LogP contribution >= 0.6 is 0 Å². The lowest BCUT2D eigenvalue weighted by atomic mass is 9.91. The molecule has 35 heavy (non-hydrogen) atoms. The molecule has 196 valence electrons. The molecule has 9 nitrogen and oxygen atoms in total. The van der Waals surface area contributed by atoms with Gasteiger partial charge in [0, 0.05) is 25.2 Å². The molecule has 0 saturated carbocycles. The fourth-order valence-electron chi connectivity index (χ4n) is 4.11. The molecule has 9 heteroatoms. The molecule has 1 heterocycles. The maximum absolute atomic E-state index is 13.6. The fourth-order valence-corrected chi connectivity index (χ4v) is 4.11. The van der Waals surface area contributed by atoms with Gasteiger partial charge in [0.1, 0.15) is 0 Å². The number of carbonyl (C=O) groups excluding carboxylic acids is 3. The van der Waals surface area contributed by atoms with Gasteiger partial charge in [0.15, 0.2) is 17.5 Å². The average molecular weight is 493 g/mol. The summed E-state index contributed by atoms with van der Waals surface area (Å²) in [6.07, 6.45) is 0.327. The Hall–Kier alpha value is -2.81. The second-order valence-corrected chi connectivity index (χ2v) is 9.60. The molecule has 1 atom stereocenters. The smallest absolute Gasteiger partial charge is 0.333 e. The number of rotatable bonds is 9. The maximum Gasteiger partial charge on any atom is 0.333 e. The molecule has 2 amide bonds. The van der Waals surface area contributed by atoms with E-state index in [4.69, 9.17) is 18.9 Å². The van der Waals surface area contributed by atoms with Crippen LogP contribution in [0.25, 0.3) is 0 Å². The number of carbonyl (C=O) groups is 3. The molecular weight excluding hydrogens is 452 g/mol. The molecule has 2 rings (SSSR count). The molecule has 0 fully saturated rings. The third-order valence-electron chi connectivity index (χ3n) is 5.69. The molecule has 1 aliphatic heterocycles. The van der Waals surface area contributed by atoms with E-state index in [0.29, 0.717) is 36.7 Å². The number of hydrogen-bond donors (Lipinski definition) is 0. The Labute approximate surface area is 208 Å². The van der Waals surface area contributed by atoms with Crippen molar-refractivity contribution in [3.05, 3.63) is 23.3 Å². The molecule has 0 aliphatic carbocycles. The predicted molar refractivity (Wildman–Crippen MR) is 132 cm³/mol. The Balaban J connectivity index is 2.49. The average Bonchev–Trinajstić information content (AvgIpc) is 2.78. The Morgan fingerprint density at radius 1 is 1.11 bits per heavy atom. The molecule has 1 aromatic carbocycles. The van der Waals surface area contributed by atoms with Crippen LogP contribution in [0.3, 0.4) is 0 Å². The van der Waals surface area contributed by atoms with E-state index >= 15 is 0 Å². The standard InChI is InChI=1S/C26H40N2O7/c1-9-33-14-13-28(26(5,6)7)24(30)23(29)27-12-11-18-15-20(32-8)21(35-17(3)4)16-19(18)22(27)25(31)34-10-2/h15-17,22H,9-14H2,1-8H3. The van der Waals surface area contributed by atoms with E-state index in [1.807, 2.05) is 47.6 Å². The second-order valence-electron chi connectivity index (χ2n) is 9.60. The lowest BCUT2D eigenvalue weighted by molar-refractivity contribution is -0.163. The van der Waals surface area contributed by atoms with Crippen LogP contribution in [0, 0.1) is 0 Å². The Morgan fingerprint density at radius 2 is 1.80 bits per heavy atom. The van der Waals surface area contributed by atoms with Crippen molar-refractivity contribution < 1.29 is 33.3 Å². The van der Waals surface area contributed by atoms with Crippen molar-refractivity contribution in [2.45, 2.75) is 72.6 Å². The zero-order valence-electron chi connectivity index (χ0n) is 22.3. The summed E-state index contributed by atoms with van der Waals surface area (Å²) >= 11 is 0. The quantitative estimate of drug-likeness (QED) is 0.297. The molecule has 0 radical (unpaired) electrons. The van der Waals surface area contributed by atoms with Gasteiger partial charge in [-0.05, 0) is 78.1 Å². The highest BCUT2D eigenvalue weighted by Crippen LogP contribution is 2.39. The molecule has 0 bridgehead atoms. The predicted octanol–water partition coefficient (Wildman–Crippen LogP) is 3.13. The van der Waals surface area contributed by atoms with Crippen molar-refractivity contribution in [2.24, 2.45) is 0 Å². The number of hydrogen-bond acceptors (Lipinski definition) is 7. The number of fused-ring (bicyclic) bond motifs is 1. The van der Waals surface area contributed by atoms with Crippen LogP contribution in [-0.4, -0.2) is 79.2 Å². The van der Waals surface area contributed by atoms with Crippen molar-refractivity contribution >= 4 is 17.8 Å². The number of ether oxygens (including phenoxy) is 4. The summed E-state index contributed by atoms with van der Waals surface area (Å²) in [5.41, 5.74) is 0.809. The number of esters is 1. The highest BCUT2D eigenvalue weighted by atomic mass is 16.5. The van der Waals surface area contributed by atoms with Crippen LogP contribution < -0.4 is 9.47 Å². The van der Waals surface area contributed by atoms with Crippen LogP contribution in [0.1, 0.15) is 65.6 Å². The number of methoxy groups -OCH3 is 1. The minimum absolute atomic E-state index is 0.128. The normalized spacial score (nSPS) is 15.5. The first kappa shape index (κ1) is 28.4. The summed E-state index contributed by atoms with van der Waals surface area (Å²) in [4.78, 5) is 42.9. The number of nitrogens with zero attached hydrogens (tertiary/aromatic N) is 2. The lowest BCUT2D eigenvalue weighted by Crippen LogP contribution is -2.56. The Bertz CT molecular complexity index is 908. The minimum atomic E-state index is -1.07. The zero-order chi connectivity index (χ0) is 26.3. The Kier molecular flexibility index (Phi) is 9.94. The molecule has 0 N–H and O–H groups in total. The lowest BCUT2D eigenvalue weighted by Gasteiger charge is -2.39. The van der Waals surface area contributed by atoms with E-state index in [-0.39, 0.29) is 25.8 Å². The number of amides is 2. The van der Waals surface area contributed by atoms with Gasteiger partial charge in [0.25, 0.3) is 0 Å². The monoisotopic (exact) mass is 492 g/mol. The molecule has 0 aromatic heterocycles. The first-order valence-corrected chi connectivity index (χ1v) is 12.2. The van der Waals surface area contributed by atoms with Crippen molar-refractivity contribution in [3.63, 3.8) is 0 Å². The van der Waals surface area contributed by atoms with Crippen molar-refractivity contribution in [1.82, 2.24) is 9.80 Å². The first-order chi connectivity index (χ1) is 16.5. The van der Waals surface area contributed by atoms with E-state index in [1.54, 1.807) is 20.1 Å². The SMILES string of the molecule is CCOCCN(C(=O)C(=O)N1CCc2cc(OC)c(OC(C)C)cc2C1C(=O)OCC)C(C)(C)C. The van der Waals surface area contributed by atoms with E-state index in [2.05, 4.69) is 0 Å². The molecular formula is C26H40N2O7. The van der Waals surface area contributed by atoms with Gasteiger partial charge in [-0.15, -0.1) is 0 Å². The Morgan fingerprint density at radius 3 is 2.34 bits per heavy atom. The second kappa shape index (κ2) is 12.2. The highest BCUT2D eigenvalue weighted by molar-refractivity contribution is 6.35. The van der Waals surface area contributed by atoms with Gasteiger partial charge >= 0.3 is 17.8 Å². The van der Waals surface area contributed by atoms with Crippen molar-refractivity contribution in [3.8, 4) is 11.5 Å². The maximum atomic E-state index is 13.6. The number of benzene rings is 1. The summed E-state index contributed by atoms with van der Waals surface area (Å²) < 4.78 is 22.1. The summed E-state index contributed by atoms with van der Waals surface area (Å²) in [5, 5.41) is 0. The molecule has 0 saturated heterocycles. The van der Waals surface area contributed by atoms with Gasteiger partial charge in [0.2, 0.25) is 0 Å². The molecule has 1 aromatic rings. The first-order valence-electron chi connectivity index (χ1n) is 12.2. The summed E-state index contributed by atoms with van der Waals surface area (Å²) in [5.74, 6) is -1.01. The van der Waals surface area contributed by atoms with Crippen molar-refractivity contribution in [2.75, 3.05) is 40.0 Å². The van der Waals surface area contributed by atoms with Gasteiger partial charge in [-0.1, -0.05) is 0 Å². The third kappa shape index (κ3) is 6.87. The zero-order valence-corrected chi connectivity index (χ0v) is 22.3. The van der Waals surface area contributed by atoms with E-state index in [9.17, 15) is 14.4 Å². The summed E-state index contributed by atoms with van der Waals surface area (Å²) in [7, 11) is 1.55. The third-order valence-corrected chi connectivity index (χ3v) is 5.69. The largest absolute Gasteiger partial charge is 0.493 e. The fraction of sp³-hybridized carbons (Fsp3) is 0.654. The highest BCUT2D eigenvalue weighted by Gasteiger charge is 2.42. The summed E-state index contributed by atoms with van der Waals surface area (Å²) in [6, 6.07) is 2.48. The van der Waals surface area contributed by atoms with Crippen molar-refractivity contribution in [1.29, 1.82) is 0 Å². The molecule has 1 unspecified atom stereocenters. The van der Waals surface area contributed by atoms with Crippen LogP contribution in [0.5, 0.6) is 11.5 Å². The van der Waals surface area contributed by atoms with Crippen LogP contribution in [0.2, 0.25) is 0 Å². The summed E-state index contributed by atoms with van der Waals surface area (Å²) in [6.45, 7) is 14.4. The van der Waals surface area contributed by atoms with Gasteiger partial charge in [-0.2, -0.15) is 0 Å². The molecule has 1 aliphatic rings. The topological polar surface area (TPSA) is 94.6 Å². The van der Waals surface area contributed by atoms with Crippen LogP contribution in [0.4, 0.5) is 0 Å². The van der Waals surface area contributed by atoms with Crippen LogP contribution in [-0.2, 0) is 30.3 Å². The van der Waals surface area contributed by atoms with Gasteiger partial charge in [-0.25, -0.2) is 4.79 Å². The van der Waals surface area contributed by atoms with E-state index in [1.165, 1.54) is 9.80 Å². The van der Waals surface area contributed by atoms with Crippen LogP contribution in [0.15, 0.2) is 12.1 Å². The minimum Gasteiger partial charge on any atom is -0.493 e. The van der Waals surface area contributed by atoms with Gasteiger partial charge < -0.3 is 28.7 Å². The van der Waals surface area contributed by atoms with E-state index in [0.717, 1.165) is 5.56 Å². The van der Waals surface area contributed by atoms with Gasteiger partial charge in [-0.3, -0.25) is 9.59 Å². The van der Waals surface area contributed by atoms with Gasteiger partial charge in [0.05, 0.1) is 26.4 Å².